The molecule has 4 unspecified atom stereocenters. The maximum Gasteiger partial charge on any atom is 0.508 e. The van der Waals surface area contributed by atoms with Crippen molar-refractivity contribution in [1.29, 1.82) is 0 Å². The van der Waals surface area contributed by atoms with E-state index in [1.807, 2.05) is 6.07 Å². The predicted octanol–water partition coefficient (Wildman–Crippen LogP) is 2.17. The maximum absolute atomic E-state index is 13.2. The number of carbonyl (C=O) groups excluding carboxylic acids is 4. The molecule has 4 atom stereocenters. The van der Waals surface area contributed by atoms with Crippen LogP contribution >= 0.6 is 0 Å². The van der Waals surface area contributed by atoms with Gasteiger partial charge in [-0.15, -0.1) is 0 Å². The second-order valence-electron chi connectivity index (χ2n) is 8.80. The number of esters is 2. The third-order valence-corrected chi connectivity index (χ3v) is 5.63. The molecule has 38 heavy (non-hydrogen) atoms. The van der Waals surface area contributed by atoms with E-state index in [0.717, 1.165) is 5.56 Å². The zero-order valence-electron chi connectivity index (χ0n) is 21.4. The van der Waals surface area contributed by atoms with Crippen LogP contribution in [0.4, 0.5) is 4.79 Å². The Morgan fingerprint density at radius 3 is 2.53 bits per heavy atom. The molecule has 0 saturated carbocycles. The first kappa shape index (κ1) is 28.2. The molecule has 0 aliphatic carbocycles. The van der Waals surface area contributed by atoms with Gasteiger partial charge in [0.15, 0.2) is 29.3 Å². The summed E-state index contributed by atoms with van der Waals surface area (Å²) in [6.07, 6.45) is -2.55. The Balaban J connectivity index is 1.86. The summed E-state index contributed by atoms with van der Waals surface area (Å²) in [7, 11) is 1.30. The number of nitrogens with one attached hydrogen (secondary N) is 1. The average molecular weight is 531 g/mol. The molecule has 2 N–H and O–H groups in total. The third kappa shape index (κ3) is 7.11. The fourth-order valence-corrected chi connectivity index (χ4v) is 3.81. The zero-order valence-corrected chi connectivity index (χ0v) is 21.4. The number of cyclic esters (lactones) is 2. The van der Waals surface area contributed by atoms with Crippen molar-refractivity contribution in [1.82, 2.24) is 10.3 Å². The van der Waals surface area contributed by atoms with Gasteiger partial charge in [0, 0.05) is 12.3 Å². The van der Waals surface area contributed by atoms with Crippen molar-refractivity contribution in [2.45, 2.75) is 51.5 Å². The molecule has 204 valence electrons. The molecule has 1 saturated heterocycles. The lowest BCUT2D eigenvalue weighted by molar-refractivity contribution is -0.161. The number of aromatic hydroxyl groups is 1. The first-order chi connectivity index (χ1) is 18.1. The first-order valence-electron chi connectivity index (χ1n) is 11.9. The van der Waals surface area contributed by atoms with Gasteiger partial charge in [0.2, 0.25) is 0 Å². The minimum atomic E-state index is -1.44. The van der Waals surface area contributed by atoms with Crippen LogP contribution in [-0.4, -0.2) is 72.2 Å². The summed E-state index contributed by atoms with van der Waals surface area (Å²) >= 11 is 0. The molecular weight excluding hydrogens is 500 g/mol. The predicted molar refractivity (Wildman–Crippen MR) is 130 cm³/mol. The molecule has 1 fully saturated rings. The van der Waals surface area contributed by atoms with Crippen molar-refractivity contribution in [2.75, 3.05) is 13.7 Å². The third-order valence-electron chi connectivity index (χ3n) is 5.63. The molecule has 3 rings (SSSR count). The highest BCUT2D eigenvalue weighted by molar-refractivity contribution is 5.98. The number of hydrogen-bond acceptors (Lipinski definition) is 11. The number of methoxy groups -OCH3 is 1. The van der Waals surface area contributed by atoms with Crippen LogP contribution in [0, 0.1) is 5.92 Å². The monoisotopic (exact) mass is 530 g/mol. The lowest BCUT2D eigenvalue weighted by Gasteiger charge is -2.29. The van der Waals surface area contributed by atoms with Crippen molar-refractivity contribution in [3.05, 3.63) is 53.9 Å². The Morgan fingerprint density at radius 2 is 1.87 bits per heavy atom. The molecule has 1 amide bonds. The van der Waals surface area contributed by atoms with Crippen molar-refractivity contribution in [3.63, 3.8) is 0 Å². The zero-order chi connectivity index (χ0) is 27.8. The van der Waals surface area contributed by atoms with Crippen LogP contribution in [-0.2, 0) is 35.0 Å². The molecule has 12 nitrogen and oxygen atoms in total. The van der Waals surface area contributed by atoms with E-state index in [1.54, 1.807) is 38.1 Å². The number of ether oxygens (including phenoxy) is 5. The second-order valence-corrected chi connectivity index (χ2v) is 8.80. The van der Waals surface area contributed by atoms with E-state index in [0.29, 0.717) is 0 Å². The first-order valence-corrected chi connectivity index (χ1v) is 11.9. The smallest absolute Gasteiger partial charge is 0.503 e. The number of carbonyl (C=O) groups is 4. The van der Waals surface area contributed by atoms with Gasteiger partial charge in [-0.1, -0.05) is 30.3 Å². The number of amides is 1. The highest BCUT2D eigenvalue weighted by Crippen LogP contribution is 2.28. The Hall–Kier alpha value is -4.35. The lowest BCUT2D eigenvalue weighted by Crippen LogP contribution is -2.46. The molecule has 1 aliphatic heterocycles. The number of pyridine rings is 1. The van der Waals surface area contributed by atoms with E-state index in [9.17, 15) is 24.3 Å². The van der Waals surface area contributed by atoms with E-state index in [2.05, 4.69) is 10.3 Å². The summed E-state index contributed by atoms with van der Waals surface area (Å²) in [5, 5.41) is 12.6. The molecular formula is C26H30N2O10. The summed E-state index contributed by atoms with van der Waals surface area (Å²) in [5.41, 5.74) is 0.346. The van der Waals surface area contributed by atoms with Crippen LogP contribution in [0.25, 0.3) is 0 Å². The Morgan fingerprint density at radius 1 is 1.16 bits per heavy atom. The van der Waals surface area contributed by atoms with E-state index in [-0.39, 0.29) is 12.2 Å². The minimum Gasteiger partial charge on any atom is -0.503 e. The molecule has 1 aliphatic rings. The van der Waals surface area contributed by atoms with Crippen molar-refractivity contribution < 1.29 is 48.0 Å². The Labute approximate surface area is 219 Å². The van der Waals surface area contributed by atoms with Gasteiger partial charge in [-0.3, -0.25) is 9.59 Å². The minimum absolute atomic E-state index is 0.000675. The van der Waals surface area contributed by atoms with Crippen molar-refractivity contribution in [3.8, 4) is 11.5 Å². The largest absolute Gasteiger partial charge is 0.508 e. The Bertz CT molecular complexity index is 1150. The molecule has 12 heteroatoms. The van der Waals surface area contributed by atoms with Gasteiger partial charge in [0.1, 0.15) is 18.6 Å². The van der Waals surface area contributed by atoms with Gasteiger partial charge in [-0.05, 0) is 32.8 Å². The number of hydrogen-bond donors (Lipinski definition) is 2. The highest BCUT2D eigenvalue weighted by atomic mass is 16.7. The van der Waals surface area contributed by atoms with Crippen LogP contribution < -0.4 is 10.1 Å². The molecule has 2 heterocycles. The summed E-state index contributed by atoms with van der Waals surface area (Å²) in [6.45, 7) is 4.14. The standard InChI is InChI=1S/C26H30N2O10/c1-14(2)36-26(33)38-22-15(3)37-25(32)18(28-23(30)20-21(29)19(34-4)10-11-27-20)13-35-24(31)17(22)12-16-8-6-5-7-9-16/h5-11,14-15,17-18,22,29H,12-13H2,1-4H3,(H,28,30). The van der Waals surface area contributed by atoms with E-state index in [4.69, 9.17) is 23.7 Å². The fraction of sp³-hybridized carbons (Fsp3) is 0.423. The van der Waals surface area contributed by atoms with Gasteiger partial charge in [0.05, 0.1) is 13.2 Å². The van der Waals surface area contributed by atoms with Gasteiger partial charge in [0.25, 0.3) is 5.91 Å². The fourth-order valence-electron chi connectivity index (χ4n) is 3.81. The molecule has 2 aromatic rings. The number of benzene rings is 1. The van der Waals surface area contributed by atoms with Gasteiger partial charge < -0.3 is 34.1 Å². The molecule has 1 aromatic heterocycles. The van der Waals surface area contributed by atoms with Gasteiger partial charge >= 0.3 is 18.1 Å². The quantitative estimate of drug-likeness (QED) is 0.399. The summed E-state index contributed by atoms with van der Waals surface area (Å²) < 4.78 is 26.4. The Kier molecular flexibility index (Phi) is 9.47. The summed E-state index contributed by atoms with van der Waals surface area (Å²) in [6, 6.07) is 8.87. The van der Waals surface area contributed by atoms with Crippen molar-refractivity contribution in [2.24, 2.45) is 5.92 Å². The lowest BCUT2D eigenvalue weighted by atomic mass is 9.91. The summed E-state index contributed by atoms with van der Waals surface area (Å²) in [4.78, 5) is 55.2. The molecule has 0 spiro atoms. The average Bonchev–Trinajstić information content (AvgIpc) is 2.91. The second kappa shape index (κ2) is 12.7. The topological polar surface area (TPSA) is 160 Å². The van der Waals surface area contributed by atoms with Crippen LogP contribution in [0.15, 0.2) is 42.6 Å². The van der Waals surface area contributed by atoms with E-state index < -0.39 is 72.3 Å². The van der Waals surface area contributed by atoms with Gasteiger partial charge in [-0.2, -0.15) is 0 Å². The van der Waals surface area contributed by atoms with Crippen LogP contribution in [0.5, 0.6) is 11.5 Å². The number of nitrogens with zero attached hydrogens (tertiary/aromatic N) is 1. The molecule has 0 radical (unpaired) electrons. The SMILES string of the molecule is COc1ccnc(C(=O)NC2COC(=O)C(Cc3ccccc3)C(OC(=O)OC(C)C)C(C)OC2=O)c1O. The highest BCUT2D eigenvalue weighted by Gasteiger charge is 2.42. The molecule has 1 aromatic carbocycles. The summed E-state index contributed by atoms with van der Waals surface area (Å²) in [5.74, 6) is -4.25. The van der Waals surface area contributed by atoms with Crippen LogP contribution in [0.2, 0.25) is 0 Å². The number of rotatable bonds is 7. The van der Waals surface area contributed by atoms with Crippen LogP contribution in [0.3, 0.4) is 0 Å². The number of aromatic nitrogens is 1. The van der Waals surface area contributed by atoms with E-state index in [1.165, 1.54) is 26.3 Å². The maximum atomic E-state index is 13.2. The van der Waals surface area contributed by atoms with Gasteiger partial charge in [-0.25, -0.2) is 14.6 Å². The molecule has 0 bridgehead atoms. The normalized spacial score (nSPS) is 21.7. The van der Waals surface area contributed by atoms with E-state index >= 15 is 0 Å². The van der Waals surface area contributed by atoms with Crippen LogP contribution in [0.1, 0.15) is 36.8 Å². The van der Waals surface area contributed by atoms with Crippen molar-refractivity contribution >= 4 is 24.0 Å².